The summed E-state index contributed by atoms with van der Waals surface area (Å²) >= 11 is 0. The van der Waals surface area contributed by atoms with E-state index in [4.69, 9.17) is 18.9 Å². The van der Waals surface area contributed by atoms with Crippen molar-refractivity contribution >= 4 is 59.3 Å². The number of nitroso groups, excluding NO2 is 1. The fraction of sp³-hybridized carbons (Fsp3) is 0.333. The molecule has 17 nitrogen and oxygen atoms in total. The molecule has 0 spiro atoms. The lowest BCUT2D eigenvalue weighted by Gasteiger charge is -2.30. The average Bonchev–Trinajstić information content (AvgIpc) is 3.36. The van der Waals surface area contributed by atoms with Gasteiger partial charge in [-0.25, -0.2) is 19.2 Å². The molecule has 0 aliphatic heterocycles. The summed E-state index contributed by atoms with van der Waals surface area (Å²) in [4.78, 5) is 98.2. The zero-order valence-electron chi connectivity index (χ0n) is 38.0. The molecule has 4 aromatic rings. The Morgan fingerprint density at radius 1 is 0.529 bits per heavy atom. The van der Waals surface area contributed by atoms with Crippen LogP contribution in [0.2, 0.25) is 0 Å². The zero-order chi connectivity index (χ0) is 49.2. The Labute approximate surface area is 393 Å². The molecule has 4 aromatic carbocycles. The first-order valence-electron chi connectivity index (χ1n) is 21.9. The first-order valence-corrected chi connectivity index (χ1v) is 21.9. The van der Waals surface area contributed by atoms with E-state index in [1.807, 2.05) is 0 Å². The van der Waals surface area contributed by atoms with Crippen LogP contribution in [0.5, 0.6) is 0 Å². The van der Waals surface area contributed by atoms with E-state index in [0.29, 0.717) is 84.7 Å². The summed E-state index contributed by atoms with van der Waals surface area (Å²) in [6.07, 6.45) is 9.72. The molecule has 4 rings (SSSR count). The highest BCUT2D eigenvalue weighted by Crippen LogP contribution is 2.34. The standard InChI is InChI=1S/C51H54N2O15/c1-63-45(54)29-19-37-11-21-41(22-12-37)47(56)65-31-7-3-5-9-33-67-49(58)51(35-39-15-25-43(52-60)26-16-39,36-40-17-27-44(28-18-40)53(61)62)50(59)68-34-10-6-4-8-32-66-48(57)42-23-13-38(14-24-42)20-30-46(55)64-2/h11-30H,3-10,31-36H2,1-2H3/b29-19+,30-20+. The number of hydrogen-bond donors (Lipinski definition) is 0. The van der Waals surface area contributed by atoms with Gasteiger partial charge < -0.3 is 28.4 Å². The second-order valence-corrected chi connectivity index (χ2v) is 15.4. The summed E-state index contributed by atoms with van der Waals surface area (Å²) in [7, 11) is 2.56. The second kappa shape index (κ2) is 28.3. The van der Waals surface area contributed by atoms with E-state index in [9.17, 15) is 43.8 Å². The molecule has 0 saturated heterocycles. The largest absolute Gasteiger partial charge is 0.466 e. The molecule has 0 bridgehead atoms. The van der Waals surface area contributed by atoms with Gasteiger partial charge in [-0.1, -0.05) is 48.5 Å². The Morgan fingerprint density at radius 2 is 0.897 bits per heavy atom. The van der Waals surface area contributed by atoms with Crippen LogP contribution < -0.4 is 0 Å². The van der Waals surface area contributed by atoms with Gasteiger partial charge in [0.1, 0.15) is 5.69 Å². The maximum Gasteiger partial charge on any atom is 0.338 e. The summed E-state index contributed by atoms with van der Waals surface area (Å²) in [5.41, 5.74) is 1.10. The number of non-ortho nitro benzene ring substituents is 1. The third-order valence-corrected chi connectivity index (χ3v) is 10.5. The Bertz CT molecular complexity index is 2260. The Kier molecular flexibility index (Phi) is 22.0. The van der Waals surface area contributed by atoms with Gasteiger partial charge >= 0.3 is 35.8 Å². The molecule has 0 atom stereocenters. The van der Waals surface area contributed by atoms with Gasteiger partial charge in [-0.2, -0.15) is 0 Å². The quantitative estimate of drug-likeness (QED) is 0.00756. The Morgan fingerprint density at radius 3 is 1.25 bits per heavy atom. The highest BCUT2D eigenvalue weighted by Gasteiger charge is 2.49. The van der Waals surface area contributed by atoms with E-state index in [2.05, 4.69) is 14.7 Å². The van der Waals surface area contributed by atoms with E-state index in [1.54, 1.807) is 72.8 Å². The summed E-state index contributed by atoms with van der Waals surface area (Å²) in [6.45, 7) is 0.245. The van der Waals surface area contributed by atoms with Crippen LogP contribution >= 0.6 is 0 Å². The van der Waals surface area contributed by atoms with Crippen molar-refractivity contribution in [3.63, 3.8) is 0 Å². The molecule has 0 N–H and O–H groups in total. The lowest BCUT2D eigenvalue weighted by molar-refractivity contribution is -0.384. The van der Waals surface area contributed by atoms with E-state index < -0.39 is 46.2 Å². The van der Waals surface area contributed by atoms with Gasteiger partial charge in [0, 0.05) is 24.3 Å². The minimum Gasteiger partial charge on any atom is -0.466 e. The number of nitrogens with zero attached hydrogens (tertiary/aromatic N) is 2. The summed E-state index contributed by atoms with van der Waals surface area (Å²) < 4.78 is 31.5. The van der Waals surface area contributed by atoms with Crippen LogP contribution in [-0.4, -0.2) is 81.4 Å². The van der Waals surface area contributed by atoms with Crippen molar-refractivity contribution in [3.05, 3.63) is 158 Å². The molecule has 0 amide bonds. The number of nitro groups is 1. The van der Waals surface area contributed by atoms with Crippen LogP contribution in [0.3, 0.4) is 0 Å². The topological polar surface area (TPSA) is 230 Å². The van der Waals surface area contributed by atoms with Crippen LogP contribution in [0.25, 0.3) is 12.2 Å². The highest BCUT2D eigenvalue weighted by molar-refractivity contribution is 6.01. The smallest absolute Gasteiger partial charge is 0.338 e. The Balaban J connectivity index is 1.32. The molecule has 0 heterocycles. The summed E-state index contributed by atoms with van der Waals surface area (Å²) in [6, 6.07) is 24.6. The number of rotatable bonds is 28. The average molecular weight is 935 g/mol. The van der Waals surface area contributed by atoms with Crippen LogP contribution in [0, 0.1) is 20.4 Å². The van der Waals surface area contributed by atoms with Crippen LogP contribution in [-0.2, 0) is 60.4 Å². The minimum absolute atomic E-state index is 0.0387. The maximum absolute atomic E-state index is 14.3. The number of methoxy groups -OCH3 is 2. The molecule has 0 aliphatic rings. The molecule has 17 heteroatoms. The van der Waals surface area contributed by atoms with Crippen molar-refractivity contribution in [3.8, 4) is 0 Å². The number of esters is 6. The minimum atomic E-state index is -1.93. The van der Waals surface area contributed by atoms with Crippen molar-refractivity contribution < 1.29 is 62.1 Å². The summed E-state index contributed by atoms with van der Waals surface area (Å²) in [5.74, 6) is -3.70. The van der Waals surface area contributed by atoms with E-state index in [-0.39, 0.29) is 50.6 Å². The van der Waals surface area contributed by atoms with Crippen molar-refractivity contribution in [2.45, 2.75) is 64.2 Å². The molecule has 0 saturated carbocycles. The van der Waals surface area contributed by atoms with Gasteiger partial charge in [0.25, 0.3) is 5.69 Å². The SMILES string of the molecule is COC(=O)/C=C/c1ccc(C(=O)OCCCCCCOC(=O)C(Cc2ccc(N=O)cc2)(Cc2ccc([N+](=O)[O-])cc2)C(=O)OCCCCCCOC(=O)c2ccc(/C=C/C(=O)OC)cc2)cc1. The molecule has 68 heavy (non-hydrogen) atoms. The number of hydrogen-bond acceptors (Lipinski definition) is 16. The molecule has 0 aromatic heterocycles. The van der Waals surface area contributed by atoms with Gasteiger partial charge in [-0.3, -0.25) is 19.7 Å². The van der Waals surface area contributed by atoms with Gasteiger partial charge in [-0.05, 0) is 140 Å². The highest BCUT2D eigenvalue weighted by atomic mass is 16.6. The van der Waals surface area contributed by atoms with Crippen molar-refractivity contribution in [1.29, 1.82) is 0 Å². The van der Waals surface area contributed by atoms with Gasteiger partial charge in [0.2, 0.25) is 0 Å². The molecule has 0 unspecified atom stereocenters. The van der Waals surface area contributed by atoms with Gasteiger partial charge in [-0.15, -0.1) is 4.91 Å². The number of carbonyl (C=O) groups is 6. The number of ether oxygens (including phenoxy) is 6. The second-order valence-electron chi connectivity index (χ2n) is 15.4. The number of benzene rings is 4. The Hall–Kier alpha value is -7.82. The molecule has 0 radical (unpaired) electrons. The number of carbonyl (C=O) groups excluding carboxylic acids is 6. The maximum atomic E-state index is 14.3. The van der Waals surface area contributed by atoms with Crippen molar-refractivity contribution in [2.24, 2.45) is 10.6 Å². The van der Waals surface area contributed by atoms with Crippen LogP contribution in [0.1, 0.15) is 94.3 Å². The monoisotopic (exact) mass is 934 g/mol. The molecule has 0 aliphatic carbocycles. The predicted octanol–water partition coefficient (Wildman–Crippen LogP) is 9.06. The molecule has 358 valence electrons. The van der Waals surface area contributed by atoms with Gasteiger partial charge in [0.05, 0.1) is 56.7 Å². The van der Waals surface area contributed by atoms with Crippen molar-refractivity contribution in [2.75, 3.05) is 40.6 Å². The fourth-order valence-electron chi connectivity index (χ4n) is 6.68. The van der Waals surface area contributed by atoms with Crippen molar-refractivity contribution in [1.82, 2.24) is 0 Å². The van der Waals surface area contributed by atoms with Gasteiger partial charge in [0.15, 0.2) is 5.41 Å². The fourth-order valence-corrected chi connectivity index (χ4v) is 6.68. The molecular weight excluding hydrogens is 881 g/mol. The number of nitro benzene ring substituents is 1. The van der Waals surface area contributed by atoms with Crippen LogP contribution in [0.4, 0.5) is 11.4 Å². The lowest BCUT2D eigenvalue weighted by atomic mass is 9.76. The lowest BCUT2D eigenvalue weighted by Crippen LogP contribution is -2.46. The molecule has 0 fully saturated rings. The van der Waals surface area contributed by atoms with E-state index in [0.717, 1.165) is 0 Å². The van der Waals surface area contributed by atoms with E-state index >= 15 is 0 Å². The first-order chi connectivity index (χ1) is 32.9. The molecular formula is C51H54N2O15. The normalized spacial score (nSPS) is 11.1. The first kappa shape index (κ1) is 52.8. The summed E-state index contributed by atoms with van der Waals surface area (Å²) in [5, 5.41) is 14.3. The van der Waals surface area contributed by atoms with Crippen LogP contribution in [0.15, 0.2) is 114 Å². The predicted molar refractivity (Wildman–Crippen MR) is 249 cm³/mol. The third-order valence-electron chi connectivity index (χ3n) is 10.5. The van der Waals surface area contributed by atoms with E-state index in [1.165, 1.54) is 62.8 Å². The zero-order valence-corrected chi connectivity index (χ0v) is 38.0. The third kappa shape index (κ3) is 17.5. The number of unbranched alkanes of at least 4 members (excludes halogenated alkanes) is 6.